The number of hydrogen-bond acceptors (Lipinski definition) is 3. The maximum Gasteiger partial charge on any atom is 0.181 e. The molecule has 0 saturated carbocycles. The van der Waals surface area contributed by atoms with Crippen molar-refractivity contribution in [2.24, 2.45) is 0 Å². The van der Waals surface area contributed by atoms with Crippen molar-refractivity contribution in [3.8, 4) is 0 Å². The number of aliphatic hydroxyl groups excluding tert-OH is 1. The summed E-state index contributed by atoms with van der Waals surface area (Å²) in [5.41, 5.74) is 1.15. The van der Waals surface area contributed by atoms with E-state index in [0.29, 0.717) is 6.42 Å². The summed E-state index contributed by atoms with van der Waals surface area (Å²) in [6.45, 7) is 0.275. The van der Waals surface area contributed by atoms with Gasteiger partial charge in [0, 0.05) is 6.42 Å². The van der Waals surface area contributed by atoms with Gasteiger partial charge < -0.3 is 14.6 Å². The summed E-state index contributed by atoms with van der Waals surface area (Å²) in [7, 11) is 0. The second-order valence-electron chi connectivity index (χ2n) is 3.04. The molecule has 0 spiro atoms. The van der Waals surface area contributed by atoms with Crippen LogP contribution >= 0.6 is 0 Å². The Morgan fingerprint density at radius 3 is 2.69 bits per heavy atom. The van der Waals surface area contributed by atoms with Crippen LogP contribution in [0.5, 0.6) is 0 Å². The predicted octanol–water partition coefficient (Wildman–Crippen LogP) is 0.920. The monoisotopic (exact) mass is 180 g/mol. The van der Waals surface area contributed by atoms with E-state index in [2.05, 4.69) is 0 Å². The number of benzene rings is 1. The van der Waals surface area contributed by atoms with Crippen LogP contribution in [-0.2, 0) is 15.9 Å². The second-order valence-corrected chi connectivity index (χ2v) is 3.04. The smallest absolute Gasteiger partial charge is 0.181 e. The molecule has 0 amide bonds. The van der Waals surface area contributed by atoms with E-state index in [4.69, 9.17) is 14.6 Å². The molecular weight excluding hydrogens is 168 g/mol. The molecule has 2 unspecified atom stereocenters. The molecule has 1 N–H and O–H groups in total. The van der Waals surface area contributed by atoms with Crippen LogP contribution < -0.4 is 0 Å². The third-order valence-electron chi connectivity index (χ3n) is 1.98. The minimum atomic E-state index is -0.756. The zero-order valence-corrected chi connectivity index (χ0v) is 7.22. The first-order valence-corrected chi connectivity index (χ1v) is 4.33. The van der Waals surface area contributed by atoms with Crippen LogP contribution in [0.15, 0.2) is 30.3 Å². The van der Waals surface area contributed by atoms with Gasteiger partial charge in [0.05, 0.1) is 0 Å². The maximum absolute atomic E-state index is 9.03. The molecular formula is C10H12O3. The highest BCUT2D eigenvalue weighted by Gasteiger charge is 2.23. The summed E-state index contributed by atoms with van der Waals surface area (Å²) >= 11 is 0. The van der Waals surface area contributed by atoms with Crippen LogP contribution in [0.2, 0.25) is 0 Å². The first-order chi connectivity index (χ1) is 6.34. The molecule has 0 radical (unpaired) electrons. The average Bonchev–Trinajstić information content (AvgIpc) is 2.53. The van der Waals surface area contributed by atoms with Crippen molar-refractivity contribution < 1.29 is 14.6 Å². The summed E-state index contributed by atoms with van der Waals surface area (Å²) in [5.74, 6) is 0. The topological polar surface area (TPSA) is 38.7 Å². The fraction of sp³-hybridized carbons (Fsp3) is 0.400. The molecule has 1 aliphatic heterocycles. The lowest BCUT2D eigenvalue weighted by atomic mass is 10.1. The number of ether oxygens (including phenoxy) is 2. The second kappa shape index (κ2) is 3.87. The summed E-state index contributed by atoms with van der Waals surface area (Å²) in [4.78, 5) is 0. The summed E-state index contributed by atoms with van der Waals surface area (Å²) in [6.07, 6.45) is -0.358. The average molecular weight is 180 g/mol. The van der Waals surface area contributed by atoms with Gasteiger partial charge in [0.2, 0.25) is 0 Å². The van der Waals surface area contributed by atoms with Crippen LogP contribution in [0, 0.1) is 0 Å². The quantitative estimate of drug-likeness (QED) is 0.735. The molecule has 0 aromatic heterocycles. The molecule has 0 aliphatic carbocycles. The third kappa shape index (κ3) is 2.28. The molecule has 1 fully saturated rings. The molecule has 2 atom stereocenters. The van der Waals surface area contributed by atoms with Gasteiger partial charge in [0.15, 0.2) is 12.6 Å². The van der Waals surface area contributed by atoms with Gasteiger partial charge in [-0.05, 0) is 5.56 Å². The van der Waals surface area contributed by atoms with Crippen LogP contribution in [0.3, 0.4) is 0 Å². The van der Waals surface area contributed by atoms with Crippen molar-refractivity contribution in [1.82, 2.24) is 0 Å². The Morgan fingerprint density at radius 2 is 2.08 bits per heavy atom. The molecule has 1 aromatic carbocycles. The van der Waals surface area contributed by atoms with E-state index in [-0.39, 0.29) is 12.9 Å². The fourth-order valence-electron chi connectivity index (χ4n) is 1.36. The van der Waals surface area contributed by atoms with Crippen LogP contribution in [0.25, 0.3) is 0 Å². The molecule has 1 aliphatic rings. The molecule has 1 saturated heterocycles. The predicted molar refractivity (Wildman–Crippen MR) is 47.0 cm³/mol. The highest BCUT2D eigenvalue weighted by molar-refractivity contribution is 5.15. The fourth-order valence-corrected chi connectivity index (χ4v) is 1.36. The Morgan fingerprint density at radius 1 is 1.31 bits per heavy atom. The minimum absolute atomic E-state index is 0.275. The van der Waals surface area contributed by atoms with E-state index >= 15 is 0 Å². The van der Waals surface area contributed by atoms with Crippen molar-refractivity contribution in [1.29, 1.82) is 0 Å². The van der Waals surface area contributed by atoms with Crippen LogP contribution in [0.4, 0.5) is 0 Å². The van der Waals surface area contributed by atoms with Gasteiger partial charge in [0.1, 0.15) is 6.61 Å². The van der Waals surface area contributed by atoms with Gasteiger partial charge >= 0.3 is 0 Å². The minimum Gasteiger partial charge on any atom is -0.366 e. The van der Waals surface area contributed by atoms with Gasteiger partial charge in [-0.1, -0.05) is 30.3 Å². The van der Waals surface area contributed by atoms with Crippen molar-refractivity contribution in [2.45, 2.75) is 19.0 Å². The van der Waals surface area contributed by atoms with Crippen molar-refractivity contribution >= 4 is 0 Å². The largest absolute Gasteiger partial charge is 0.366 e. The first-order valence-electron chi connectivity index (χ1n) is 4.33. The Bertz CT molecular complexity index is 260. The number of aliphatic hydroxyl groups is 1. The van der Waals surface area contributed by atoms with Crippen LogP contribution in [0.1, 0.15) is 5.56 Å². The molecule has 13 heavy (non-hydrogen) atoms. The van der Waals surface area contributed by atoms with E-state index < -0.39 is 6.29 Å². The van der Waals surface area contributed by atoms with Gasteiger partial charge in [-0.3, -0.25) is 0 Å². The molecule has 70 valence electrons. The molecule has 1 heterocycles. The maximum atomic E-state index is 9.03. The summed E-state index contributed by atoms with van der Waals surface area (Å²) in [5, 5.41) is 9.03. The zero-order chi connectivity index (χ0) is 9.10. The molecule has 2 rings (SSSR count). The van der Waals surface area contributed by atoms with Crippen molar-refractivity contribution in [3.05, 3.63) is 35.9 Å². The van der Waals surface area contributed by atoms with Crippen LogP contribution in [-0.4, -0.2) is 24.3 Å². The molecule has 0 bridgehead atoms. The highest BCUT2D eigenvalue weighted by Crippen LogP contribution is 2.14. The van der Waals surface area contributed by atoms with E-state index in [9.17, 15) is 0 Å². The molecule has 3 nitrogen and oxygen atoms in total. The SMILES string of the molecule is OC1COC(Cc2ccccc2)O1. The lowest BCUT2D eigenvalue weighted by Crippen LogP contribution is -2.13. The normalized spacial score (nSPS) is 27.8. The Hall–Kier alpha value is -0.900. The number of rotatable bonds is 2. The van der Waals surface area contributed by atoms with Gasteiger partial charge in [-0.25, -0.2) is 0 Å². The first kappa shape index (κ1) is 8.69. The summed E-state index contributed by atoms with van der Waals surface area (Å²) < 4.78 is 10.3. The molecule has 1 aromatic rings. The Labute approximate surface area is 76.9 Å². The van der Waals surface area contributed by atoms with E-state index in [1.165, 1.54) is 0 Å². The zero-order valence-electron chi connectivity index (χ0n) is 7.22. The third-order valence-corrected chi connectivity index (χ3v) is 1.98. The van der Waals surface area contributed by atoms with Gasteiger partial charge in [0.25, 0.3) is 0 Å². The van der Waals surface area contributed by atoms with E-state index in [1.807, 2.05) is 30.3 Å². The lowest BCUT2D eigenvalue weighted by molar-refractivity contribution is -0.112. The van der Waals surface area contributed by atoms with Gasteiger partial charge in [-0.15, -0.1) is 0 Å². The van der Waals surface area contributed by atoms with E-state index in [1.54, 1.807) is 0 Å². The van der Waals surface area contributed by atoms with E-state index in [0.717, 1.165) is 5.56 Å². The Balaban J connectivity index is 1.92. The lowest BCUT2D eigenvalue weighted by Gasteiger charge is -2.08. The highest BCUT2D eigenvalue weighted by atomic mass is 16.8. The van der Waals surface area contributed by atoms with Crippen molar-refractivity contribution in [3.63, 3.8) is 0 Å². The Kier molecular flexibility index (Phi) is 2.59. The molecule has 3 heteroatoms. The van der Waals surface area contributed by atoms with Gasteiger partial charge in [-0.2, -0.15) is 0 Å². The standard InChI is InChI=1S/C10H12O3/c11-9-7-12-10(13-9)6-8-4-2-1-3-5-8/h1-5,9-11H,6-7H2. The number of hydrogen-bond donors (Lipinski definition) is 1. The summed E-state index contributed by atoms with van der Waals surface area (Å²) in [6, 6.07) is 9.94. The van der Waals surface area contributed by atoms with Crippen molar-refractivity contribution in [2.75, 3.05) is 6.61 Å².